The Morgan fingerprint density at radius 2 is 2.10 bits per heavy atom. The predicted octanol–water partition coefficient (Wildman–Crippen LogP) is 2.52. The zero-order valence-corrected chi connectivity index (χ0v) is 14.1. The van der Waals surface area contributed by atoms with Gasteiger partial charge in [0.1, 0.15) is 0 Å². The van der Waals surface area contributed by atoms with Gasteiger partial charge in [-0.05, 0) is 46.6 Å². The van der Waals surface area contributed by atoms with Gasteiger partial charge in [0.2, 0.25) is 5.91 Å². The van der Waals surface area contributed by atoms with Crippen LogP contribution in [-0.4, -0.2) is 32.6 Å². The van der Waals surface area contributed by atoms with Crippen LogP contribution in [0.25, 0.3) is 0 Å². The summed E-state index contributed by atoms with van der Waals surface area (Å²) < 4.78 is 1.01. The van der Waals surface area contributed by atoms with E-state index in [9.17, 15) is 4.79 Å². The van der Waals surface area contributed by atoms with Gasteiger partial charge >= 0.3 is 0 Å². The fourth-order valence-corrected chi connectivity index (χ4v) is 2.59. The third-order valence-electron chi connectivity index (χ3n) is 2.96. The highest BCUT2D eigenvalue weighted by molar-refractivity contribution is 9.10. The fourth-order valence-electron chi connectivity index (χ4n) is 1.86. The molecule has 112 valence electrons. The Kier molecular flexibility index (Phi) is 7.62. The van der Waals surface area contributed by atoms with Gasteiger partial charge in [0.25, 0.3) is 0 Å². The van der Waals surface area contributed by atoms with Crippen molar-refractivity contribution in [2.75, 3.05) is 31.6 Å². The smallest absolute Gasteiger partial charge is 0.239 e. The van der Waals surface area contributed by atoms with E-state index in [0.29, 0.717) is 6.54 Å². The number of benzene rings is 1. The first-order valence-corrected chi connectivity index (χ1v) is 7.84. The fraction of sp³-hybridized carbons (Fsp3) is 0.533. The number of nitrogens with one attached hydrogen (secondary N) is 2. The second-order valence-electron chi connectivity index (χ2n) is 4.77. The molecule has 0 unspecified atom stereocenters. The van der Waals surface area contributed by atoms with E-state index in [-0.39, 0.29) is 5.91 Å². The van der Waals surface area contributed by atoms with Gasteiger partial charge in [0.05, 0.1) is 12.2 Å². The molecule has 1 rings (SSSR count). The lowest BCUT2D eigenvalue weighted by atomic mass is 10.2. The average molecular weight is 342 g/mol. The van der Waals surface area contributed by atoms with Crippen molar-refractivity contribution in [3.8, 4) is 0 Å². The standard InChI is InChI=1S/C15H24BrN3O/c1-4-8-18-15(20)11-19(3)14-7-6-12(9-13(14)16)10-17-5-2/h6-7,9,17H,4-5,8,10-11H2,1-3H3,(H,18,20). The zero-order chi connectivity index (χ0) is 15.0. The summed E-state index contributed by atoms with van der Waals surface area (Å²) in [5.41, 5.74) is 2.25. The molecule has 0 spiro atoms. The van der Waals surface area contributed by atoms with Crippen molar-refractivity contribution in [1.82, 2.24) is 10.6 Å². The van der Waals surface area contributed by atoms with Crippen LogP contribution >= 0.6 is 15.9 Å². The summed E-state index contributed by atoms with van der Waals surface area (Å²) in [7, 11) is 1.93. The largest absolute Gasteiger partial charge is 0.364 e. The molecule has 20 heavy (non-hydrogen) atoms. The average Bonchev–Trinajstić information content (AvgIpc) is 2.42. The Labute approximate surface area is 130 Å². The molecule has 0 saturated carbocycles. The summed E-state index contributed by atoms with van der Waals surface area (Å²) in [6, 6.07) is 6.23. The van der Waals surface area contributed by atoms with E-state index < -0.39 is 0 Å². The minimum absolute atomic E-state index is 0.0537. The van der Waals surface area contributed by atoms with E-state index in [1.165, 1.54) is 5.56 Å². The molecular formula is C15H24BrN3O. The molecule has 1 aromatic rings. The van der Waals surface area contributed by atoms with E-state index in [2.05, 4.69) is 45.6 Å². The molecule has 2 N–H and O–H groups in total. The van der Waals surface area contributed by atoms with E-state index >= 15 is 0 Å². The number of hydrogen-bond acceptors (Lipinski definition) is 3. The number of rotatable bonds is 8. The van der Waals surface area contributed by atoms with Gasteiger partial charge in [-0.2, -0.15) is 0 Å². The van der Waals surface area contributed by atoms with Crippen molar-refractivity contribution in [1.29, 1.82) is 0 Å². The highest BCUT2D eigenvalue weighted by atomic mass is 79.9. The lowest BCUT2D eigenvalue weighted by Crippen LogP contribution is -2.35. The van der Waals surface area contributed by atoms with Crippen molar-refractivity contribution in [3.05, 3.63) is 28.2 Å². The lowest BCUT2D eigenvalue weighted by Gasteiger charge is -2.20. The Bertz CT molecular complexity index is 437. The molecular weight excluding hydrogens is 318 g/mol. The molecule has 1 amide bonds. The van der Waals surface area contributed by atoms with Crippen LogP contribution in [0.3, 0.4) is 0 Å². The van der Waals surface area contributed by atoms with E-state index in [0.717, 1.165) is 36.2 Å². The van der Waals surface area contributed by atoms with Crippen LogP contribution < -0.4 is 15.5 Å². The summed E-state index contributed by atoms with van der Waals surface area (Å²) in [6.45, 7) is 7.04. The zero-order valence-electron chi connectivity index (χ0n) is 12.5. The number of hydrogen-bond donors (Lipinski definition) is 2. The Morgan fingerprint density at radius 3 is 2.70 bits per heavy atom. The Balaban J connectivity index is 2.63. The monoisotopic (exact) mass is 341 g/mol. The van der Waals surface area contributed by atoms with Crippen LogP contribution in [0, 0.1) is 0 Å². The summed E-state index contributed by atoms with van der Waals surface area (Å²) in [5.74, 6) is 0.0537. The molecule has 1 aromatic carbocycles. The van der Waals surface area contributed by atoms with Crippen molar-refractivity contribution >= 4 is 27.5 Å². The van der Waals surface area contributed by atoms with Crippen molar-refractivity contribution < 1.29 is 4.79 Å². The number of amides is 1. The molecule has 0 aromatic heterocycles. The highest BCUT2D eigenvalue weighted by Crippen LogP contribution is 2.26. The molecule has 0 heterocycles. The van der Waals surface area contributed by atoms with Gasteiger partial charge in [-0.15, -0.1) is 0 Å². The minimum atomic E-state index is 0.0537. The molecule has 0 bridgehead atoms. The third kappa shape index (κ3) is 5.51. The SMILES string of the molecule is CCCNC(=O)CN(C)c1ccc(CNCC)cc1Br. The molecule has 0 atom stereocenters. The van der Waals surface area contributed by atoms with Crippen molar-refractivity contribution in [2.24, 2.45) is 0 Å². The first-order chi connectivity index (χ1) is 9.58. The number of carbonyl (C=O) groups excluding carboxylic acids is 1. The van der Waals surface area contributed by atoms with Crippen LogP contribution in [0.1, 0.15) is 25.8 Å². The van der Waals surface area contributed by atoms with Gasteiger partial charge in [-0.1, -0.05) is 19.9 Å². The van der Waals surface area contributed by atoms with Crippen LogP contribution in [-0.2, 0) is 11.3 Å². The maximum Gasteiger partial charge on any atom is 0.239 e. The van der Waals surface area contributed by atoms with Gasteiger partial charge in [-0.25, -0.2) is 0 Å². The molecule has 0 saturated heterocycles. The first kappa shape index (κ1) is 17.0. The lowest BCUT2D eigenvalue weighted by molar-refractivity contribution is -0.119. The van der Waals surface area contributed by atoms with Gasteiger partial charge in [0, 0.05) is 24.6 Å². The molecule has 0 aliphatic rings. The second kappa shape index (κ2) is 8.97. The molecule has 0 aliphatic carbocycles. The first-order valence-electron chi connectivity index (χ1n) is 7.05. The third-order valence-corrected chi connectivity index (χ3v) is 3.59. The number of likely N-dealkylation sites (N-methyl/N-ethyl adjacent to an activating group) is 1. The minimum Gasteiger partial charge on any atom is -0.364 e. The van der Waals surface area contributed by atoms with Gasteiger partial charge in [-0.3, -0.25) is 4.79 Å². The summed E-state index contributed by atoms with van der Waals surface area (Å²) in [5, 5.41) is 6.18. The van der Waals surface area contributed by atoms with E-state index in [4.69, 9.17) is 0 Å². The topological polar surface area (TPSA) is 44.4 Å². The van der Waals surface area contributed by atoms with Crippen molar-refractivity contribution in [3.63, 3.8) is 0 Å². The van der Waals surface area contributed by atoms with Crippen molar-refractivity contribution in [2.45, 2.75) is 26.8 Å². The number of anilines is 1. The second-order valence-corrected chi connectivity index (χ2v) is 5.63. The van der Waals surface area contributed by atoms with Gasteiger partial charge < -0.3 is 15.5 Å². The normalized spacial score (nSPS) is 10.4. The summed E-state index contributed by atoms with van der Waals surface area (Å²) in [6.07, 6.45) is 0.957. The Morgan fingerprint density at radius 1 is 1.35 bits per heavy atom. The highest BCUT2D eigenvalue weighted by Gasteiger charge is 2.10. The predicted molar refractivity (Wildman–Crippen MR) is 88.1 cm³/mol. The maximum atomic E-state index is 11.7. The quantitative estimate of drug-likeness (QED) is 0.763. The van der Waals surface area contributed by atoms with E-state index in [1.54, 1.807) is 0 Å². The summed E-state index contributed by atoms with van der Waals surface area (Å²) >= 11 is 3.58. The van der Waals surface area contributed by atoms with Crippen LogP contribution in [0.5, 0.6) is 0 Å². The molecule has 5 heteroatoms. The maximum absolute atomic E-state index is 11.7. The van der Waals surface area contributed by atoms with Gasteiger partial charge in [0.15, 0.2) is 0 Å². The van der Waals surface area contributed by atoms with Crippen LogP contribution in [0.15, 0.2) is 22.7 Å². The van der Waals surface area contributed by atoms with Crippen LogP contribution in [0.4, 0.5) is 5.69 Å². The Hall–Kier alpha value is -1.07. The summed E-state index contributed by atoms with van der Waals surface area (Å²) in [4.78, 5) is 13.7. The number of carbonyl (C=O) groups is 1. The number of halogens is 1. The molecule has 0 aliphatic heterocycles. The van der Waals surface area contributed by atoms with Crippen LogP contribution in [0.2, 0.25) is 0 Å². The van der Waals surface area contributed by atoms with E-state index in [1.807, 2.05) is 24.9 Å². The molecule has 4 nitrogen and oxygen atoms in total. The number of nitrogens with zero attached hydrogens (tertiary/aromatic N) is 1. The molecule has 0 radical (unpaired) electrons. The molecule has 0 fully saturated rings.